The van der Waals surface area contributed by atoms with E-state index in [1.807, 2.05) is 30.5 Å². The second kappa shape index (κ2) is 13.9. The summed E-state index contributed by atoms with van der Waals surface area (Å²) in [6, 6.07) is 12.1. The molecular formula is C17H27N2O4PS. The Morgan fingerprint density at radius 3 is 2.40 bits per heavy atom. The minimum atomic E-state index is -3.80. The first-order valence-corrected chi connectivity index (χ1v) is 10.1. The Bertz CT molecular complexity index is 598. The van der Waals surface area contributed by atoms with Gasteiger partial charge < -0.3 is 20.3 Å². The van der Waals surface area contributed by atoms with E-state index in [0.29, 0.717) is 17.9 Å². The Balaban J connectivity index is 0.000000426. The molecule has 0 saturated carbocycles. The molecule has 140 valence electrons. The summed E-state index contributed by atoms with van der Waals surface area (Å²) in [5.74, 6) is 0. The lowest BCUT2D eigenvalue weighted by Crippen LogP contribution is -1.97. The third-order valence-electron chi connectivity index (χ3n) is 3.07. The Labute approximate surface area is 154 Å². The van der Waals surface area contributed by atoms with Crippen LogP contribution in [0.15, 0.2) is 42.6 Å². The predicted octanol–water partition coefficient (Wildman–Crippen LogP) is 3.51. The Kier molecular flexibility index (Phi) is 13.1. The highest BCUT2D eigenvalue weighted by atomic mass is 32.1. The summed E-state index contributed by atoms with van der Waals surface area (Å²) in [4.78, 5) is 21.2. The average Bonchev–Trinajstić information content (AvgIpc) is 2.62. The van der Waals surface area contributed by atoms with Crippen molar-refractivity contribution in [1.82, 2.24) is 4.98 Å². The zero-order chi connectivity index (χ0) is 19.1. The maximum Gasteiger partial charge on any atom is 0.325 e. The number of aromatic nitrogens is 1. The van der Waals surface area contributed by atoms with Crippen LogP contribution in [0.25, 0.3) is 10.9 Å². The Morgan fingerprint density at radius 1 is 1.16 bits per heavy atom. The lowest BCUT2D eigenvalue weighted by molar-refractivity contribution is 0.370. The van der Waals surface area contributed by atoms with E-state index in [9.17, 15) is 4.57 Å². The number of fused-ring (bicyclic) bond motifs is 1. The zero-order valence-corrected chi connectivity index (χ0v) is 16.4. The molecule has 0 aliphatic rings. The molecule has 0 bridgehead atoms. The summed E-state index contributed by atoms with van der Waals surface area (Å²) in [7, 11) is -0.775. The number of hydrogen-bond donors (Lipinski definition) is 3. The van der Waals surface area contributed by atoms with Crippen LogP contribution in [-0.2, 0) is 9.30 Å². The third kappa shape index (κ3) is 12.6. The van der Waals surface area contributed by atoms with Crippen molar-refractivity contribution in [3.63, 3.8) is 0 Å². The molecule has 0 spiro atoms. The highest BCUT2D eigenvalue weighted by molar-refractivity contribution is 7.80. The van der Waals surface area contributed by atoms with Gasteiger partial charge in [0.25, 0.3) is 0 Å². The molecule has 1 aromatic carbocycles. The fourth-order valence-electron chi connectivity index (χ4n) is 1.88. The van der Waals surface area contributed by atoms with Crippen molar-refractivity contribution in [2.24, 2.45) is 5.73 Å². The molecule has 0 atom stereocenters. The standard InChI is InChI=1S/C9H7N.C7H15O4PS.CH5N/c1-2-6-9-8(4-1)5-3-7-10-9;1-11-7(13)5-3-2-4-6-12(8,9)10;1-2/h1-7H;2-6H2,1H3,(H2,8,9,10);2H2,1H3. The number of hydrogen-bond acceptors (Lipinski definition) is 5. The number of para-hydroxylation sites is 1. The smallest absolute Gasteiger partial charge is 0.325 e. The number of methoxy groups -OCH3 is 1. The largest absolute Gasteiger partial charge is 0.490 e. The van der Waals surface area contributed by atoms with E-state index in [0.717, 1.165) is 18.4 Å². The Morgan fingerprint density at radius 2 is 1.80 bits per heavy atom. The van der Waals surface area contributed by atoms with Gasteiger partial charge in [0.1, 0.15) is 0 Å². The number of rotatable bonds is 6. The SMILES string of the molecule is CN.COC(=S)CCCCCP(=O)(O)O.c1ccc2ncccc2c1. The van der Waals surface area contributed by atoms with Gasteiger partial charge >= 0.3 is 7.60 Å². The van der Waals surface area contributed by atoms with Crippen molar-refractivity contribution in [2.75, 3.05) is 20.3 Å². The second-order valence-corrected chi connectivity index (χ2v) is 7.20. The van der Waals surface area contributed by atoms with Gasteiger partial charge in [0.05, 0.1) is 12.6 Å². The number of nitrogens with two attached hydrogens (primary N) is 1. The molecule has 0 saturated heterocycles. The molecule has 0 amide bonds. The normalized spacial score (nSPS) is 10.1. The molecule has 2 aromatic rings. The van der Waals surface area contributed by atoms with Crippen LogP contribution in [0.1, 0.15) is 25.7 Å². The van der Waals surface area contributed by atoms with Crippen molar-refractivity contribution >= 4 is 35.8 Å². The highest BCUT2D eigenvalue weighted by Gasteiger charge is 2.11. The number of benzene rings is 1. The van der Waals surface area contributed by atoms with Crippen LogP contribution in [0.3, 0.4) is 0 Å². The average molecular weight is 386 g/mol. The van der Waals surface area contributed by atoms with E-state index in [1.165, 1.54) is 19.5 Å². The van der Waals surface area contributed by atoms with Crippen LogP contribution in [-0.4, -0.2) is 40.1 Å². The quantitative estimate of drug-likeness (QED) is 0.396. The molecule has 0 aliphatic heterocycles. The summed E-state index contributed by atoms with van der Waals surface area (Å²) >= 11 is 4.80. The second-order valence-electron chi connectivity index (χ2n) is 4.97. The fraction of sp³-hybridized carbons (Fsp3) is 0.412. The first kappa shape index (κ1) is 23.6. The number of pyridine rings is 1. The van der Waals surface area contributed by atoms with E-state index in [-0.39, 0.29) is 6.16 Å². The molecule has 25 heavy (non-hydrogen) atoms. The highest BCUT2D eigenvalue weighted by Crippen LogP contribution is 2.35. The predicted molar refractivity (Wildman–Crippen MR) is 107 cm³/mol. The number of ether oxygens (including phenoxy) is 1. The number of nitrogens with zero attached hydrogens (tertiary/aromatic N) is 1. The van der Waals surface area contributed by atoms with Crippen molar-refractivity contribution in [1.29, 1.82) is 0 Å². The first-order chi connectivity index (χ1) is 11.9. The van der Waals surface area contributed by atoms with Crippen molar-refractivity contribution in [2.45, 2.75) is 25.7 Å². The lowest BCUT2D eigenvalue weighted by Gasteiger charge is -2.03. The minimum Gasteiger partial charge on any atom is -0.490 e. The van der Waals surface area contributed by atoms with Crippen LogP contribution >= 0.6 is 19.8 Å². The molecule has 1 aromatic heterocycles. The van der Waals surface area contributed by atoms with Gasteiger partial charge in [-0.05, 0) is 44.2 Å². The minimum absolute atomic E-state index is 0.0350. The molecule has 2 rings (SSSR count). The van der Waals surface area contributed by atoms with Gasteiger partial charge in [-0.15, -0.1) is 0 Å². The molecule has 0 unspecified atom stereocenters. The molecular weight excluding hydrogens is 359 g/mol. The maximum atomic E-state index is 10.4. The van der Waals surface area contributed by atoms with Gasteiger partial charge in [-0.25, -0.2) is 0 Å². The van der Waals surface area contributed by atoms with Crippen molar-refractivity contribution < 1.29 is 19.1 Å². The van der Waals surface area contributed by atoms with Crippen LogP contribution in [0.5, 0.6) is 0 Å². The summed E-state index contributed by atoms with van der Waals surface area (Å²) < 4.78 is 15.2. The van der Waals surface area contributed by atoms with Crippen LogP contribution in [0.4, 0.5) is 0 Å². The monoisotopic (exact) mass is 386 g/mol. The molecule has 4 N–H and O–H groups in total. The summed E-state index contributed by atoms with van der Waals surface area (Å²) in [6.45, 7) is 0. The van der Waals surface area contributed by atoms with Gasteiger partial charge in [0, 0.05) is 24.2 Å². The van der Waals surface area contributed by atoms with Gasteiger partial charge in [-0.1, -0.05) is 30.7 Å². The van der Waals surface area contributed by atoms with E-state index in [4.69, 9.17) is 26.7 Å². The molecule has 1 heterocycles. The molecule has 8 heteroatoms. The molecule has 6 nitrogen and oxygen atoms in total. The van der Waals surface area contributed by atoms with Crippen molar-refractivity contribution in [3.8, 4) is 0 Å². The summed E-state index contributed by atoms with van der Waals surface area (Å²) in [5, 5.41) is 1.75. The van der Waals surface area contributed by atoms with E-state index in [1.54, 1.807) is 0 Å². The van der Waals surface area contributed by atoms with E-state index < -0.39 is 7.60 Å². The fourth-order valence-corrected chi connectivity index (χ4v) is 2.66. The zero-order valence-electron chi connectivity index (χ0n) is 14.7. The van der Waals surface area contributed by atoms with Gasteiger partial charge in [-0.2, -0.15) is 0 Å². The summed E-state index contributed by atoms with van der Waals surface area (Å²) in [5.41, 5.74) is 5.56. The van der Waals surface area contributed by atoms with Crippen LogP contribution in [0, 0.1) is 0 Å². The summed E-state index contributed by atoms with van der Waals surface area (Å²) in [6.07, 6.45) is 4.60. The van der Waals surface area contributed by atoms with Gasteiger partial charge in [-0.3, -0.25) is 9.55 Å². The van der Waals surface area contributed by atoms with Crippen LogP contribution in [0.2, 0.25) is 0 Å². The van der Waals surface area contributed by atoms with E-state index in [2.05, 4.69) is 22.9 Å². The lowest BCUT2D eigenvalue weighted by atomic mass is 10.2. The Hall–Kier alpha value is -1.37. The molecule has 0 fully saturated rings. The maximum absolute atomic E-state index is 10.4. The van der Waals surface area contributed by atoms with Crippen LogP contribution < -0.4 is 5.73 Å². The molecule has 0 radical (unpaired) electrons. The van der Waals surface area contributed by atoms with Gasteiger partial charge in [0.15, 0.2) is 5.05 Å². The van der Waals surface area contributed by atoms with Gasteiger partial charge in [0.2, 0.25) is 0 Å². The number of thiocarbonyl (C=S) groups is 1. The first-order valence-electron chi connectivity index (χ1n) is 7.91. The molecule has 0 aliphatic carbocycles. The number of unbranched alkanes of at least 4 members (excludes halogenated alkanes) is 2. The van der Waals surface area contributed by atoms with E-state index >= 15 is 0 Å². The third-order valence-corrected chi connectivity index (χ3v) is 4.34. The topological polar surface area (TPSA) is 106 Å². The van der Waals surface area contributed by atoms with Crippen molar-refractivity contribution in [3.05, 3.63) is 42.6 Å².